The maximum absolute atomic E-state index is 12.6. The Hall–Kier alpha value is -1.26. The van der Waals surface area contributed by atoms with Crippen molar-refractivity contribution in [3.05, 3.63) is 0 Å². The van der Waals surface area contributed by atoms with Crippen molar-refractivity contribution in [2.75, 3.05) is 13.1 Å². The zero-order valence-corrected chi connectivity index (χ0v) is 11.9. The molecule has 1 unspecified atom stereocenters. The second kappa shape index (κ2) is 5.39. The summed E-state index contributed by atoms with van der Waals surface area (Å²) in [7, 11) is 0. The number of nitrogens with zero attached hydrogens (tertiary/aromatic N) is 2. The lowest BCUT2D eigenvalue weighted by Gasteiger charge is -2.38. The fourth-order valence-corrected chi connectivity index (χ4v) is 3.25. The smallest absolute Gasteiger partial charge is 0.329 e. The lowest BCUT2D eigenvalue weighted by molar-refractivity contribution is -0.148. The number of carboxylic acid groups (broad SMARTS) is 1. The summed E-state index contributed by atoms with van der Waals surface area (Å²) in [5.41, 5.74) is -0.964. The van der Waals surface area contributed by atoms with Crippen molar-refractivity contribution in [1.29, 1.82) is 0 Å². The van der Waals surface area contributed by atoms with Gasteiger partial charge in [-0.15, -0.1) is 0 Å². The molecule has 5 heteroatoms. The molecule has 0 radical (unpaired) electrons. The van der Waals surface area contributed by atoms with Gasteiger partial charge in [-0.25, -0.2) is 9.59 Å². The van der Waals surface area contributed by atoms with Crippen molar-refractivity contribution in [1.82, 2.24) is 9.80 Å². The normalized spacial score (nSPS) is 26.5. The number of urea groups is 1. The van der Waals surface area contributed by atoms with Crippen molar-refractivity contribution in [3.63, 3.8) is 0 Å². The van der Waals surface area contributed by atoms with Gasteiger partial charge in [0.15, 0.2) is 0 Å². The highest BCUT2D eigenvalue weighted by atomic mass is 16.4. The van der Waals surface area contributed by atoms with Gasteiger partial charge in [-0.3, -0.25) is 0 Å². The third kappa shape index (κ3) is 2.42. The summed E-state index contributed by atoms with van der Waals surface area (Å²) >= 11 is 0. The summed E-state index contributed by atoms with van der Waals surface area (Å²) in [6.45, 7) is 5.19. The lowest BCUT2D eigenvalue weighted by Crippen LogP contribution is -2.57. The zero-order chi connectivity index (χ0) is 14.0. The van der Waals surface area contributed by atoms with Gasteiger partial charge >= 0.3 is 12.0 Å². The zero-order valence-electron chi connectivity index (χ0n) is 11.9. The molecule has 2 fully saturated rings. The minimum absolute atomic E-state index is 0.0710. The van der Waals surface area contributed by atoms with Gasteiger partial charge in [0.1, 0.15) is 5.54 Å². The molecule has 0 bridgehead atoms. The Bertz CT molecular complexity index is 368. The summed E-state index contributed by atoms with van der Waals surface area (Å²) in [4.78, 5) is 27.8. The Morgan fingerprint density at radius 3 is 2.53 bits per heavy atom. The molecule has 2 aliphatic rings. The lowest BCUT2D eigenvalue weighted by atomic mass is 9.91. The number of aliphatic carboxylic acids is 1. The highest BCUT2D eigenvalue weighted by Gasteiger charge is 2.51. The van der Waals surface area contributed by atoms with Crippen LogP contribution in [0.3, 0.4) is 0 Å². The predicted octanol–water partition coefficient (Wildman–Crippen LogP) is 2.31. The van der Waals surface area contributed by atoms with Crippen LogP contribution in [0.1, 0.15) is 52.4 Å². The number of amides is 2. The van der Waals surface area contributed by atoms with Crippen molar-refractivity contribution in [2.24, 2.45) is 0 Å². The van der Waals surface area contributed by atoms with E-state index < -0.39 is 11.5 Å². The molecule has 1 aliphatic heterocycles. The SMILES string of the molecule is CCCC1(C(=O)O)CCCN1C(=O)N(CC)C1CC1. The van der Waals surface area contributed by atoms with Crippen molar-refractivity contribution in [2.45, 2.75) is 64.0 Å². The molecule has 1 atom stereocenters. The van der Waals surface area contributed by atoms with E-state index in [9.17, 15) is 14.7 Å². The Morgan fingerprint density at radius 1 is 1.37 bits per heavy atom. The molecule has 108 valence electrons. The van der Waals surface area contributed by atoms with Crippen LogP contribution in [-0.2, 0) is 4.79 Å². The molecule has 0 aromatic rings. The van der Waals surface area contributed by atoms with E-state index in [1.54, 1.807) is 4.90 Å². The summed E-state index contributed by atoms with van der Waals surface area (Å²) < 4.78 is 0. The van der Waals surface area contributed by atoms with Crippen molar-refractivity contribution >= 4 is 12.0 Å². The molecule has 0 aromatic heterocycles. The molecular formula is C14H24N2O3. The molecule has 1 saturated carbocycles. The molecule has 1 heterocycles. The molecule has 2 amide bonds. The fraction of sp³-hybridized carbons (Fsp3) is 0.857. The van der Waals surface area contributed by atoms with Crippen LogP contribution in [0.2, 0.25) is 0 Å². The molecule has 19 heavy (non-hydrogen) atoms. The Kier molecular flexibility index (Phi) is 4.02. The fourth-order valence-electron chi connectivity index (χ4n) is 3.25. The molecule has 0 spiro atoms. The van der Waals surface area contributed by atoms with E-state index in [1.165, 1.54) is 0 Å². The topological polar surface area (TPSA) is 60.9 Å². The van der Waals surface area contributed by atoms with Gasteiger partial charge in [0.25, 0.3) is 0 Å². The Labute approximate surface area is 114 Å². The van der Waals surface area contributed by atoms with Crippen molar-refractivity contribution in [3.8, 4) is 0 Å². The second-order valence-corrected chi connectivity index (χ2v) is 5.64. The van der Waals surface area contributed by atoms with E-state index in [4.69, 9.17) is 0 Å². The predicted molar refractivity (Wildman–Crippen MR) is 72.0 cm³/mol. The molecule has 0 aromatic carbocycles. The Balaban J connectivity index is 2.20. The van der Waals surface area contributed by atoms with Gasteiger partial charge in [0.2, 0.25) is 0 Å². The van der Waals surface area contributed by atoms with E-state index in [-0.39, 0.29) is 6.03 Å². The Morgan fingerprint density at radius 2 is 2.05 bits per heavy atom. The first-order valence-corrected chi connectivity index (χ1v) is 7.38. The van der Waals surface area contributed by atoms with Crippen LogP contribution >= 0.6 is 0 Å². The third-order valence-corrected chi connectivity index (χ3v) is 4.36. The number of likely N-dealkylation sites (tertiary alicyclic amines) is 1. The van der Waals surface area contributed by atoms with Gasteiger partial charge in [0, 0.05) is 19.1 Å². The number of rotatable bonds is 5. The highest BCUT2D eigenvalue weighted by Crippen LogP contribution is 2.37. The van der Waals surface area contributed by atoms with E-state index in [1.807, 2.05) is 18.7 Å². The van der Waals surface area contributed by atoms with Crippen LogP contribution in [-0.4, -0.2) is 51.6 Å². The van der Waals surface area contributed by atoms with Gasteiger partial charge < -0.3 is 14.9 Å². The maximum atomic E-state index is 12.6. The third-order valence-electron chi connectivity index (χ3n) is 4.36. The summed E-state index contributed by atoms with van der Waals surface area (Å²) in [5, 5.41) is 9.61. The van der Waals surface area contributed by atoms with Crippen molar-refractivity contribution < 1.29 is 14.7 Å². The van der Waals surface area contributed by atoms with Crippen LogP contribution in [0.15, 0.2) is 0 Å². The van der Waals surface area contributed by atoms with E-state index >= 15 is 0 Å². The second-order valence-electron chi connectivity index (χ2n) is 5.64. The van der Waals surface area contributed by atoms with Gasteiger partial charge in [-0.2, -0.15) is 0 Å². The minimum atomic E-state index is -0.964. The van der Waals surface area contributed by atoms with E-state index in [2.05, 4.69) is 0 Å². The molecule has 1 N–H and O–H groups in total. The van der Waals surface area contributed by atoms with Gasteiger partial charge in [0.05, 0.1) is 0 Å². The molecule has 1 saturated heterocycles. The monoisotopic (exact) mass is 268 g/mol. The van der Waals surface area contributed by atoms with Gasteiger partial charge in [-0.05, 0) is 39.0 Å². The maximum Gasteiger partial charge on any atom is 0.329 e. The van der Waals surface area contributed by atoms with Crippen LogP contribution < -0.4 is 0 Å². The summed E-state index contributed by atoms with van der Waals surface area (Å²) in [5.74, 6) is -0.841. The average Bonchev–Trinajstić information content (AvgIpc) is 3.10. The van der Waals surface area contributed by atoms with E-state index in [0.29, 0.717) is 32.0 Å². The number of hydrogen-bond acceptors (Lipinski definition) is 2. The highest BCUT2D eigenvalue weighted by molar-refractivity contribution is 5.87. The quantitative estimate of drug-likeness (QED) is 0.832. The largest absolute Gasteiger partial charge is 0.479 e. The number of hydrogen-bond donors (Lipinski definition) is 1. The molecule has 1 aliphatic carbocycles. The molecule has 5 nitrogen and oxygen atoms in total. The standard InChI is InChI=1S/C14H24N2O3/c1-3-8-14(12(17)18)9-5-10-16(14)13(19)15(4-2)11-6-7-11/h11H,3-10H2,1-2H3,(H,17,18). The average molecular weight is 268 g/mol. The van der Waals surface area contributed by atoms with Gasteiger partial charge in [-0.1, -0.05) is 13.3 Å². The first kappa shape index (κ1) is 14.2. The number of carboxylic acids is 1. The first-order valence-electron chi connectivity index (χ1n) is 7.38. The summed E-state index contributed by atoms with van der Waals surface area (Å²) in [6.07, 6.45) is 4.83. The van der Waals surface area contributed by atoms with Crippen LogP contribution in [0, 0.1) is 0 Å². The minimum Gasteiger partial charge on any atom is -0.479 e. The number of carbonyl (C=O) groups excluding carboxylic acids is 1. The van der Waals surface area contributed by atoms with E-state index in [0.717, 1.165) is 25.7 Å². The van der Waals surface area contributed by atoms with Crippen LogP contribution in [0.4, 0.5) is 4.79 Å². The summed E-state index contributed by atoms with van der Waals surface area (Å²) in [6, 6.07) is 0.268. The van der Waals surface area contributed by atoms with Crippen LogP contribution in [0.25, 0.3) is 0 Å². The molecular weight excluding hydrogens is 244 g/mol. The number of carbonyl (C=O) groups is 2. The molecule has 2 rings (SSSR count). The first-order chi connectivity index (χ1) is 9.06. The van der Waals surface area contributed by atoms with Crippen LogP contribution in [0.5, 0.6) is 0 Å².